The zero-order valence-corrected chi connectivity index (χ0v) is 16.6. The van der Waals surface area contributed by atoms with Gasteiger partial charge in [0.25, 0.3) is 0 Å². The smallest absolute Gasteiger partial charge is 0.334 e. The Balaban J connectivity index is 2.36. The van der Waals surface area contributed by atoms with Gasteiger partial charge in [0.2, 0.25) is 0 Å². The van der Waals surface area contributed by atoms with Crippen molar-refractivity contribution < 1.29 is 23.9 Å². The van der Waals surface area contributed by atoms with E-state index >= 15 is 0 Å². The molecule has 0 saturated heterocycles. The monoisotopic (exact) mass is 374 g/mol. The highest BCUT2D eigenvalue weighted by Gasteiger charge is 2.17. The van der Waals surface area contributed by atoms with Gasteiger partial charge in [-0.15, -0.1) is 0 Å². The molecule has 0 N–H and O–H groups in total. The van der Waals surface area contributed by atoms with E-state index in [1.807, 2.05) is 19.1 Å². The Kier molecular flexibility index (Phi) is 10.1. The molecule has 0 amide bonds. The predicted octanol–water partition coefficient (Wildman–Crippen LogP) is 4.43. The summed E-state index contributed by atoms with van der Waals surface area (Å²) in [6.45, 7) is 9.64. The van der Waals surface area contributed by atoms with Crippen LogP contribution in [0.25, 0.3) is 0 Å². The molecule has 0 aliphatic carbocycles. The van der Waals surface area contributed by atoms with E-state index in [1.165, 1.54) is 0 Å². The quantitative estimate of drug-likeness (QED) is 0.308. The van der Waals surface area contributed by atoms with Crippen molar-refractivity contribution in [2.75, 3.05) is 13.2 Å². The molecular weight excluding hydrogens is 344 g/mol. The maximum atomic E-state index is 12.0. The van der Waals surface area contributed by atoms with Gasteiger partial charge in [0.05, 0.1) is 13.0 Å². The van der Waals surface area contributed by atoms with Crippen molar-refractivity contribution in [3.63, 3.8) is 0 Å². The Labute approximate surface area is 161 Å². The van der Waals surface area contributed by atoms with Gasteiger partial charge in [-0.25, -0.2) is 4.79 Å². The van der Waals surface area contributed by atoms with Crippen LogP contribution in [-0.4, -0.2) is 30.9 Å². The van der Waals surface area contributed by atoms with Crippen molar-refractivity contribution in [1.82, 2.24) is 0 Å². The molecule has 148 valence electrons. The van der Waals surface area contributed by atoms with E-state index in [9.17, 15) is 14.4 Å². The van der Waals surface area contributed by atoms with Gasteiger partial charge in [-0.3, -0.25) is 9.59 Å². The minimum Gasteiger partial charge on any atom is -0.465 e. The molecule has 0 bridgehead atoms. The second kappa shape index (κ2) is 12.0. The SMILES string of the molecule is C=C(CC(=O)OCC(CC)CCCC)C(=O)OCC(=O)c1ccc(C)cc1. The van der Waals surface area contributed by atoms with Gasteiger partial charge in [0, 0.05) is 11.1 Å². The molecule has 0 aromatic heterocycles. The van der Waals surface area contributed by atoms with E-state index in [2.05, 4.69) is 20.4 Å². The molecule has 0 fully saturated rings. The number of unbranched alkanes of at least 4 members (excludes halogenated alkanes) is 1. The number of carbonyl (C=O) groups excluding carboxylic acids is 3. The molecule has 1 aromatic rings. The first-order valence-electron chi connectivity index (χ1n) is 9.47. The lowest BCUT2D eigenvalue weighted by atomic mass is 10.0. The number of aryl methyl sites for hydroxylation is 1. The van der Waals surface area contributed by atoms with Crippen molar-refractivity contribution >= 4 is 17.7 Å². The van der Waals surface area contributed by atoms with Crippen LogP contribution in [-0.2, 0) is 19.1 Å². The zero-order valence-electron chi connectivity index (χ0n) is 16.6. The molecule has 0 radical (unpaired) electrons. The zero-order chi connectivity index (χ0) is 20.2. The molecule has 0 spiro atoms. The summed E-state index contributed by atoms with van der Waals surface area (Å²) in [5, 5.41) is 0. The van der Waals surface area contributed by atoms with E-state index in [0.717, 1.165) is 31.2 Å². The van der Waals surface area contributed by atoms with Crippen LogP contribution < -0.4 is 0 Å². The van der Waals surface area contributed by atoms with Gasteiger partial charge in [0.1, 0.15) is 0 Å². The summed E-state index contributed by atoms with van der Waals surface area (Å²) in [5.41, 5.74) is 1.49. The lowest BCUT2D eigenvalue weighted by Crippen LogP contribution is -2.19. The molecule has 0 aliphatic rings. The molecule has 0 saturated carbocycles. The lowest BCUT2D eigenvalue weighted by molar-refractivity contribution is -0.147. The topological polar surface area (TPSA) is 69.7 Å². The first-order valence-corrected chi connectivity index (χ1v) is 9.47. The molecule has 0 aliphatic heterocycles. The molecule has 5 heteroatoms. The van der Waals surface area contributed by atoms with Gasteiger partial charge in [-0.2, -0.15) is 0 Å². The van der Waals surface area contributed by atoms with Crippen molar-refractivity contribution in [1.29, 1.82) is 0 Å². The molecule has 5 nitrogen and oxygen atoms in total. The summed E-state index contributed by atoms with van der Waals surface area (Å²) in [6.07, 6.45) is 3.93. The minimum absolute atomic E-state index is 0.0155. The van der Waals surface area contributed by atoms with Crippen LogP contribution in [0, 0.1) is 12.8 Å². The maximum absolute atomic E-state index is 12.0. The maximum Gasteiger partial charge on any atom is 0.334 e. The highest BCUT2D eigenvalue weighted by molar-refractivity contribution is 5.99. The fourth-order valence-electron chi connectivity index (χ4n) is 2.46. The van der Waals surface area contributed by atoms with Crippen LogP contribution in [0.15, 0.2) is 36.4 Å². The number of benzene rings is 1. The van der Waals surface area contributed by atoms with Crippen LogP contribution in [0.3, 0.4) is 0 Å². The van der Waals surface area contributed by atoms with Crippen LogP contribution in [0.4, 0.5) is 0 Å². The second-order valence-corrected chi connectivity index (χ2v) is 6.75. The molecule has 0 heterocycles. The van der Waals surface area contributed by atoms with Crippen LogP contribution in [0.1, 0.15) is 61.9 Å². The summed E-state index contributed by atoms with van der Waals surface area (Å²) >= 11 is 0. The number of carbonyl (C=O) groups is 3. The van der Waals surface area contributed by atoms with E-state index in [4.69, 9.17) is 9.47 Å². The Morgan fingerprint density at radius 1 is 1.07 bits per heavy atom. The Morgan fingerprint density at radius 3 is 2.33 bits per heavy atom. The average Bonchev–Trinajstić information content (AvgIpc) is 2.66. The van der Waals surface area contributed by atoms with Gasteiger partial charge in [0.15, 0.2) is 12.4 Å². The summed E-state index contributed by atoms with van der Waals surface area (Å²) in [5.74, 6) is -1.23. The normalized spacial score (nSPS) is 11.5. The third kappa shape index (κ3) is 8.67. The van der Waals surface area contributed by atoms with Crippen molar-refractivity contribution in [2.45, 2.75) is 52.9 Å². The number of Topliss-reactive ketones (excluding diaryl/α,β-unsaturated/α-hetero) is 1. The fraction of sp³-hybridized carbons (Fsp3) is 0.500. The highest BCUT2D eigenvalue weighted by Crippen LogP contribution is 2.14. The molecule has 1 rings (SSSR count). The second-order valence-electron chi connectivity index (χ2n) is 6.75. The first-order chi connectivity index (χ1) is 12.9. The van der Waals surface area contributed by atoms with Crippen LogP contribution in [0.5, 0.6) is 0 Å². The summed E-state index contributed by atoms with van der Waals surface area (Å²) < 4.78 is 10.2. The Bertz CT molecular complexity index is 645. The molecule has 27 heavy (non-hydrogen) atoms. The fourth-order valence-corrected chi connectivity index (χ4v) is 2.46. The summed E-state index contributed by atoms with van der Waals surface area (Å²) in [7, 11) is 0. The van der Waals surface area contributed by atoms with Gasteiger partial charge in [-0.1, -0.05) is 69.5 Å². The van der Waals surface area contributed by atoms with Crippen molar-refractivity contribution in [3.8, 4) is 0 Å². The van der Waals surface area contributed by atoms with Crippen LogP contribution >= 0.6 is 0 Å². The Hall–Kier alpha value is -2.43. The highest BCUT2D eigenvalue weighted by atomic mass is 16.5. The van der Waals surface area contributed by atoms with Gasteiger partial charge >= 0.3 is 11.9 Å². The third-order valence-corrected chi connectivity index (χ3v) is 4.38. The van der Waals surface area contributed by atoms with E-state index in [0.29, 0.717) is 18.1 Å². The van der Waals surface area contributed by atoms with E-state index in [-0.39, 0.29) is 24.4 Å². The average molecular weight is 374 g/mol. The van der Waals surface area contributed by atoms with Crippen LogP contribution in [0.2, 0.25) is 0 Å². The Morgan fingerprint density at radius 2 is 1.74 bits per heavy atom. The number of ketones is 1. The van der Waals surface area contributed by atoms with Gasteiger partial charge < -0.3 is 9.47 Å². The van der Waals surface area contributed by atoms with E-state index < -0.39 is 11.9 Å². The molecule has 1 unspecified atom stereocenters. The number of ether oxygens (including phenoxy) is 2. The van der Waals surface area contributed by atoms with Crippen molar-refractivity contribution in [2.24, 2.45) is 5.92 Å². The third-order valence-electron chi connectivity index (χ3n) is 4.38. The number of hydrogen-bond acceptors (Lipinski definition) is 5. The molecule has 1 atom stereocenters. The van der Waals surface area contributed by atoms with E-state index in [1.54, 1.807) is 12.1 Å². The number of rotatable bonds is 12. The molecule has 1 aromatic carbocycles. The standard InChI is InChI=1S/C22H30O5/c1-5-7-8-18(6-2)14-26-21(24)13-17(4)22(25)27-15-20(23)19-11-9-16(3)10-12-19/h9-12,18H,4-8,13-15H2,1-3H3. The minimum atomic E-state index is -0.759. The predicted molar refractivity (Wildman–Crippen MR) is 104 cm³/mol. The molecular formula is C22H30O5. The van der Waals surface area contributed by atoms with Crippen molar-refractivity contribution in [3.05, 3.63) is 47.5 Å². The number of esters is 2. The summed E-state index contributed by atoms with van der Waals surface area (Å²) in [6, 6.07) is 6.99. The number of hydrogen-bond donors (Lipinski definition) is 0. The summed E-state index contributed by atoms with van der Waals surface area (Å²) in [4.78, 5) is 35.8. The lowest BCUT2D eigenvalue weighted by Gasteiger charge is -2.14. The first kappa shape index (κ1) is 22.6. The van der Waals surface area contributed by atoms with Gasteiger partial charge in [-0.05, 0) is 19.3 Å². The largest absolute Gasteiger partial charge is 0.465 e.